The summed E-state index contributed by atoms with van der Waals surface area (Å²) in [7, 11) is 0. The number of carbonyl (C=O) groups excluding carboxylic acids is 2. The van der Waals surface area contributed by atoms with E-state index in [0.29, 0.717) is 33.6 Å². The minimum atomic E-state index is -3.24. The molecular formula is C19H13F4NO4S. The highest BCUT2D eigenvalue weighted by Gasteiger charge is 2.23. The molecule has 5 nitrogen and oxygen atoms in total. The van der Waals surface area contributed by atoms with Gasteiger partial charge >= 0.3 is 13.2 Å². The van der Waals surface area contributed by atoms with Crippen LogP contribution in [0.5, 0.6) is 11.5 Å². The predicted molar refractivity (Wildman–Crippen MR) is 98.9 cm³/mol. The molecule has 1 N–H and O–H groups in total. The smallest absolute Gasteiger partial charge is 0.387 e. The fourth-order valence-electron chi connectivity index (χ4n) is 2.60. The molecule has 0 saturated carbocycles. The number of carbonyl (C=O) groups is 2. The molecule has 0 aromatic heterocycles. The third kappa shape index (κ3) is 5.08. The Morgan fingerprint density at radius 3 is 2.38 bits per heavy atom. The lowest BCUT2D eigenvalue weighted by Crippen LogP contribution is -2.18. The maximum Gasteiger partial charge on any atom is 0.387 e. The number of thioether (sulfide) groups is 1. The average Bonchev–Trinajstić information content (AvgIpc) is 2.67. The first-order chi connectivity index (χ1) is 13.9. The number of ether oxygens (including phenoxy) is 2. The highest BCUT2D eigenvalue weighted by Crippen LogP contribution is 2.41. The number of alkyl halides is 4. The van der Waals surface area contributed by atoms with Crippen LogP contribution in [0.3, 0.4) is 0 Å². The molecule has 2 aromatic rings. The van der Waals surface area contributed by atoms with Crippen molar-refractivity contribution in [3.63, 3.8) is 0 Å². The van der Waals surface area contributed by atoms with Gasteiger partial charge in [-0.05, 0) is 35.9 Å². The summed E-state index contributed by atoms with van der Waals surface area (Å²) in [5.74, 6) is -1.37. The van der Waals surface area contributed by atoms with Gasteiger partial charge in [0.05, 0.1) is 5.69 Å². The van der Waals surface area contributed by atoms with Crippen molar-refractivity contribution in [1.82, 2.24) is 0 Å². The highest BCUT2D eigenvalue weighted by atomic mass is 32.2. The van der Waals surface area contributed by atoms with Gasteiger partial charge in [-0.1, -0.05) is 12.1 Å². The lowest BCUT2D eigenvalue weighted by atomic mass is 10.1. The molecule has 0 unspecified atom stereocenters. The molecule has 0 aliphatic carbocycles. The molecule has 2 aromatic carbocycles. The van der Waals surface area contributed by atoms with Crippen LogP contribution in [0.15, 0.2) is 46.9 Å². The molecule has 29 heavy (non-hydrogen) atoms. The van der Waals surface area contributed by atoms with E-state index in [1.54, 1.807) is 24.3 Å². The molecule has 1 aliphatic rings. The van der Waals surface area contributed by atoms with Crippen LogP contribution in [-0.4, -0.2) is 31.2 Å². The van der Waals surface area contributed by atoms with Gasteiger partial charge < -0.3 is 14.8 Å². The third-order valence-corrected chi connectivity index (χ3v) is 4.97. The van der Waals surface area contributed by atoms with E-state index in [-0.39, 0.29) is 5.75 Å². The lowest BCUT2D eigenvalue weighted by molar-refractivity contribution is -0.112. The van der Waals surface area contributed by atoms with Crippen molar-refractivity contribution < 1.29 is 36.6 Å². The molecule has 152 valence electrons. The summed E-state index contributed by atoms with van der Waals surface area (Å²) in [6.07, 6.45) is 2.04. The van der Waals surface area contributed by atoms with Crippen LogP contribution in [-0.2, 0) is 4.79 Å². The number of aldehydes is 1. The number of benzene rings is 2. The van der Waals surface area contributed by atoms with Gasteiger partial charge in [0.15, 0.2) is 17.8 Å². The molecule has 0 atom stereocenters. The van der Waals surface area contributed by atoms with Gasteiger partial charge in [-0.25, -0.2) is 0 Å². The van der Waals surface area contributed by atoms with Gasteiger partial charge in [-0.2, -0.15) is 17.6 Å². The Bertz CT molecular complexity index is 965. The van der Waals surface area contributed by atoms with Crippen LogP contribution >= 0.6 is 11.8 Å². The van der Waals surface area contributed by atoms with E-state index in [2.05, 4.69) is 14.8 Å². The van der Waals surface area contributed by atoms with Gasteiger partial charge in [-0.3, -0.25) is 9.59 Å². The number of anilines is 1. The van der Waals surface area contributed by atoms with E-state index < -0.39 is 30.6 Å². The van der Waals surface area contributed by atoms with Crippen LogP contribution in [0.25, 0.3) is 6.08 Å². The van der Waals surface area contributed by atoms with E-state index in [0.717, 1.165) is 23.9 Å². The fourth-order valence-corrected chi connectivity index (χ4v) is 3.60. The number of hydrogen-bond acceptors (Lipinski definition) is 5. The zero-order chi connectivity index (χ0) is 21.0. The van der Waals surface area contributed by atoms with E-state index in [9.17, 15) is 27.2 Å². The zero-order valence-electron chi connectivity index (χ0n) is 14.5. The van der Waals surface area contributed by atoms with Crippen molar-refractivity contribution in [2.24, 2.45) is 0 Å². The van der Waals surface area contributed by atoms with Crippen molar-refractivity contribution in [3.8, 4) is 11.5 Å². The van der Waals surface area contributed by atoms with E-state index in [1.165, 1.54) is 6.08 Å². The Morgan fingerprint density at radius 2 is 1.72 bits per heavy atom. The summed E-state index contributed by atoms with van der Waals surface area (Å²) in [6.45, 7) is -6.45. The Hall–Kier alpha value is -3.01. The fraction of sp³-hybridized carbons (Fsp3) is 0.158. The highest BCUT2D eigenvalue weighted by molar-refractivity contribution is 7.99. The first-order valence-corrected chi connectivity index (χ1v) is 9.12. The topological polar surface area (TPSA) is 64.6 Å². The monoisotopic (exact) mass is 427 g/mol. The second-order valence-electron chi connectivity index (χ2n) is 5.71. The van der Waals surface area contributed by atoms with Crippen molar-refractivity contribution in [2.45, 2.75) is 18.1 Å². The standard InChI is InChI=1S/C19H13F4NO4S/c20-18(21)27-14-6-11-5-12(9-29-16(11)7-15(14)28-19(22)23)17(26)24-13-4-2-1-3-10(13)8-25/h1-8,18-19H,9H2,(H,24,26). The summed E-state index contributed by atoms with van der Waals surface area (Å²) in [6, 6.07) is 8.68. The van der Waals surface area contributed by atoms with E-state index >= 15 is 0 Å². The maximum absolute atomic E-state index is 12.6. The Kier molecular flexibility index (Phi) is 6.42. The van der Waals surface area contributed by atoms with E-state index in [4.69, 9.17) is 0 Å². The van der Waals surface area contributed by atoms with Crippen molar-refractivity contribution >= 4 is 35.7 Å². The maximum atomic E-state index is 12.6. The van der Waals surface area contributed by atoms with Crippen molar-refractivity contribution in [1.29, 1.82) is 0 Å². The van der Waals surface area contributed by atoms with Crippen LogP contribution < -0.4 is 14.8 Å². The van der Waals surface area contributed by atoms with Crippen molar-refractivity contribution in [2.75, 3.05) is 11.1 Å². The molecular weight excluding hydrogens is 414 g/mol. The van der Waals surface area contributed by atoms with E-state index in [1.807, 2.05) is 0 Å². The Labute approximate surface area is 166 Å². The lowest BCUT2D eigenvalue weighted by Gasteiger charge is -2.19. The number of hydrogen-bond donors (Lipinski definition) is 1. The normalized spacial score (nSPS) is 13.0. The molecule has 0 radical (unpaired) electrons. The Morgan fingerprint density at radius 1 is 1.07 bits per heavy atom. The first-order valence-electron chi connectivity index (χ1n) is 8.14. The predicted octanol–water partition coefficient (Wildman–Crippen LogP) is 4.83. The van der Waals surface area contributed by atoms with Crippen LogP contribution in [0.2, 0.25) is 0 Å². The summed E-state index contributed by atoms with van der Waals surface area (Å²) in [5.41, 5.74) is 1.26. The largest absolute Gasteiger partial charge is 0.431 e. The number of para-hydroxylation sites is 1. The van der Waals surface area contributed by atoms with Crippen LogP contribution in [0.1, 0.15) is 15.9 Å². The summed E-state index contributed by atoms with van der Waals surface area (Å²) in [5, 5.41) is 2.62. The molecule has 1 amide bonds. The number of fused-ring (bicyclic) bond motifs is 1. The van der Waals surface area contributed by atoms with Crippen molar-refractivity contribution in [3.05, 3.63) is 53.1 Å². The molecule has 0 spiro atoms. The zero-order valence-corrected chi connectivity index (χ0v) is 15.4. The van der Waals surface area contributed by atoms with Gasteiger partial charge in [0, 0.05) is 21.8 Å². The molecule has 0 saturated heterocycles. The number of rotatable bonds is 7. The molecule has 1 heterocycles. The second-order valence-corrected chi connectivity index (χ2v) is 6.73. The first kappa shape index (κ1) is 20.7. The van der Waals surface area contributed by atoms with Gasteiger partial charge in [0.2, 0.25) is 0 Å². The molecule has 3 rings (SSSR count). The SMILES string of the molecule is O=Cc1ccccc1NC(=O)C1=Cc2cc(OC(F)F)c(OC(F)F)cc2SC1. The molecule has 1 aliphatic heterocycles. The number of amides is 1. The second kappa shape index (κ2) is 8.99. The number of halogens is 4. The van der Waals surface area contributed by atoms with Crippen LogP contribution in [0.4, 0.5) is 23.2 Å². The van der Waals surface area contributed by atoms with Gasteiger partial charge in [0.25, 0.3) is 5.91 Å². The average molecular weight is 427 g/mol. The summed E-state index contributed by atoms with van der Waals surface area (Å²) < 4.78 is 58.8. The summed E-state index contributed by atoms with van der Waals surface area (Å²) >= 11 is 1.15. The minimum Gasteiger partial charge on any atom is -0.431 e. The number of nitrogens with one attached hydrogen (secondary N) is 1. The minimum absolute atomic E-state index is 0.200. The Balaban J connectivity index is 1.89. The third-order valence-electron chi connectivity index (χ3n) is 3.85. The molecule has 10 heteroatoms. The van der Waals surface area contributed by atoms with Gasteiger partial charge in [0.1, 0.15) is 0 Å². The van der Waals surface area contributed by atoms with Gasteiger partial charge in [-0.15, -0.1) is 11.8 Å². The van der Waals surface area contributed by atoms with Crippen LogP contribution in [0, 0.1) is 0 Å². The molecule has 0 bridgehead atoms. The summed E-state index contributed by atoms with van der Waals surface area (Å²) in [4.78, 5) is 24.1. The quantitative estimate of drug-likeness (QED) is 0.507. The molecule has 0 fully saturated rings.